The molecule has 1 fully saturated rings. The lowest BCUT2D eigenvalue weighted by Crippen LogP contribution is -2.60. The largest absolute Gasteiger partial charge is 0.369 e. The molecule has 11 heavy (non-hydrogen) atoms. The molecule has 1 aliphatic rings. The van der Waals surface area contributed by atoms with E-state index in [0.717, 1.165) is 0 Å². The minimum absolute atomic E-state index is 0.0219. The van der Waals surface area contributed by atoms with Crippen LogP contribution in [0.5, 0.6) is 0 Å². The molecule has 3 unspecified atom stereocenters. The van der Waals surface area contributed by atoms with Crippen LogP contribution in [-0.2, 0) is 4.74 Å². The van der Waals surface area contributed by atoms with Crippen LogP contribution in [0.3, 0.4) is 0 Å². The van der Waals surface area contributed by atoms with Crippen molar-refractivity contribution in [3.05, 3.63) is 0 Å². The van der Waals surface area contributed by atoms with Crippen LogP contribution < -0.4 is 5.32 Å². The molecule has 2 nitrogen and oxygen atoms in total. The average Bonchev–Trinajstić information content (AvgIpc) is 1.83. The summed E-state index contributed by atoms with van der Waals surface area (Å²) in [5.41, 5.74) is -0.0219. The van der Waals surface area contributed by atoms with Crippen LogP contribution in [0.1, 0.15) is 34.6 Å². The molecule has 1 aliphatic heterocycles. The highest BCUT2D eigenvalue weighted by molar-refractivity contribution is 4.91. The first-order valence-electron chi connectivity index (χ1n) is 4.37. The maximum atomic E-state index is 5.84. The number of hydrogen-bond donors (Lipinski definition) is 1. The lowest BCUT2D eigenvalue weighted by Gasteiger charge is -2.44. The molecule has 2 heteroatoms. The molecule has 1 saturated heterocycles. The summed E-state index contributed by atoms with van der Waals surface area (Å²) in [6.07, 6.45) is 0.321. The average molecular weight is 157 g/mol. The van der Waals surface area contributed by atoms with Gasteiger partial charge in [0.1, 0.15) is 0 Å². The Morgan fingerprint density at radius 3 is 2.18 bits per heavy atom. The molecular formula is C9H19NO. The van der Waals surface area contributed by atoms with Gasteiger partial charge in [-0.05, 0) is 34.6 Å². The normalized spacial score (nSPS) is 43.9. The lowest BCUT2D eigenvalue weighted by atomic mass is 9.95. The first-order valence-corrected chi connectivity index (χ1v) is 4.37. The Morgan fingerprint density at radius 1 is 1.18 bits per heavy atom. The van der Waals surface area contributed by atoms with Gasteiger partial charge in [0, 0.05) is 12.1 Å². The molecule has 1 N–H and O–H groups in total. The van der Waals surface area contributed by atoms with E-state index in [4.69, 9.17) is 4.74 Å². The van der Waals surface area contributed by atoms with Crippen molar-refractivity contribution in [3.63, 3.8) is 0 Å². The van der Waals surface area contributed by atoms with E-state index in [-0.39, 0.29) is 5.60 Å². The van der Waals surface area contributed by atoms with Crippen LogP contribution >= 0.6 is 0 Å². The van der Waals surface area contributed by atoms with E-state index in [1.165, 1.54) is 0 Å². The first kappa shape index (κ1) is 9.01. The fourth-order valence-electron chi connectivity index (χ4n) is 1.41. The molecule has 0 aromatic heterocycles. The van der Waals surface area contributed by atoms with Gasteiger partial charge in [-0.1, -0.05) is 0 Å². The van der Waals surface area contributed by atoms with Crippen LogP contribution in [0.4, 0.5) is 0 Å². The van der Waals surface area contributed by atoms with Crippen LogP contribution in [0.2, 0.25) is 0 Å². The van der Waals surface area contributed by atoms with Gasteiger partial charge in [-0.25, -0.2) is 0 Å². The van der Waals surface area contributed by atoms with Crippen molar-refractivity contribution in [1.82, 2.24) is 5.32 Å². The van der Waals surface area contributed by atoms with Crippen LogP contribution in [0.25, 0.3) is 0 Å². The van der Waals surface area contributed by atoms with Crippen LogP contribution in [0.15, 0.2) is 0 Å². The van der Waals surface area contributed by atoms with Crippen molar-refractivity contribution in [2.75, 3.05) is 0 Å². The highest BCUT2D eigenvalue weighted by atomic mass is 16.5. The smallest absolute Gasteiger partial charge is 0.0780 e. The number of hydrogen-bond acceptors (Lipinski definition) is 2. The molecule has 1 rings (SSSR count). The molecule has 0 saturated carbocycles. The van der Waals surface area contributed by atoms with Crippen molar-refractivity contribution < 1.29 is 4.74 Å². The summed E-state index contributed by atoms with van der Waals surface area (Å²) >= 11 is 0. The number of rotatable bonds is 0. The highest BCUT2D eigenvalue weighted by Gasteiger charge is 2.36. The summed E-state index contributed by atoms with van der Waals surface area (Å²) in [6, 6.07) is 0.909. The predicted molar refractivity (Wildman–Crippen MR) is 46.7 cm³/mol. The molecule has 0 amide bonds. The fourth-order valence-corrected chi connectivity index (χ4v) is 1.41. The summed E-state index contributed by atoms with van der Waals surface area (Å²) in [4.78, 5) is 0. The molecular weight excluding hydrogens is 138 g/mol. The zero-order valence-corrected chi connectivity index (χ0v) is 8.14. The summed E-state index contributed by atoms with van der Waals surface area (Å²) in [5, 5.41) is 3.49. The van der Waals surface area contributed by atoms with E-state index in [1.54, 1.807) is 0 Å². The molecule has 0 aromatic rings. The zero-order valence-electron chi connectivity index (χ0n) is 8.14. The summed E-state index contributed by atoms with van der Waals surface area (Å²) in [5.74, 6) is 0. The number of morpholine rings is 1. The highest BCUT2D eigenvalue weighted by Crippen LogP contribution is 2.23. The molecule has 0 aliphatic carbocycles. The zero-order chi connectivity index (χ0) is 8.65. The Hall–Kier alpha value is -0.0800. The Bertz CT molecular complexity index is 144. The minimum Gasteiger partial charge on any atom is -0.369 e. The maximum Gasteiger partial charge on any atom is 0.0780 e. The van der Waals surface area contributed by atoms with E-state index < -0.39 is 0 Å². The third kappa shape index (κ3) is 1.74. The SMILES string of the molecule is CC1NC(C)C(C)(C)OC1C. The standard InChI is InChI=1S/C9H19NO/c1-6-7(2)11-9(4,5)8(3)10-6/h6-8,10H,1-5H3. The monoisotopic (exact) mass is 157 g/mol. The second kappa shape index (κ2) is 2.76. The van der Waals surface area contributed by atoms with Gasteiger partial charge < -0.3 is 10.1 Å². The van der Waals surface area contributed by atoms with Crippen molar-refractivity contribution >= 4 is 0 Å². The topological polar surface area (TPSA) is 21.3 Å². The maximum absolute atomic E-state index is 5.84. The number of nitrogens with one attached hydrogen (secondary N) is 1. The summed E-state index contributed by atoms with van der Waals surface area (Å²) in [7, 11) is 0. The van der Waals surface area contributed by atoms with Crippen molar-refractivity contribution in [1.29, 1.82) is 0 Å². The van der Waals surface area contributed by atoms with Gasteiger partial charge in [0.2, 0.25) is 0 Å². The molecule has 0 bridgehead atoms. The van der Waals surface area contributed by atoms with E-state index in [2.05, 4.69) is 39.9 Å². The Morgan fingerprint density at radius 2 is 1.73 bits per heavy atom. The van der Waals surface area contributed by atoms with Gasteiger partial charge in [-0.2, -0.15) is 0 Å². The molecule has 1 heterocycles. The molecule has 66 valence electrons. The fraction of sp³-hybridized carbons (Fsp3) is 1.00. The van der Waals surface area contributed by atoms with Crippen LogP contribution in [-0.4, -0.2) is 23.8 Å². The Balaban J connectivity index is 2.63. The quantitative estimate of drug-likeness (QED) is 0.576. The Kier molecular flexibility index (Phi) is 2.26. The van der Waals surface area contributed by atoms with Gasteiger partial charge in [0.25, 0.3) is 0 Å². The first-order chi connectivity index (χ1) is 4.93. The van der Waals surface area contributed by atoms with Gasteiger partial charge in [-0.3, -0.25) is 0 Å². The second-order valence-corrected chi connectivity index (χ2v) is 4.10. The molecule has 0 aromatic carbocycles. The molecule has 3 atom stereocenters. The predicted octanol–water partition coefficient (Wildman–Crippen LogP) is 1.55. The second-order valence-electron chi connectivity index (χ2n) is 4.10. The van der Waals surface area contributed by atoms with E-state index in [1.807, 2.05) is 0 Å². The van der Waals surface area contributed by atoms with E-state index >= 15 is 0 Å². The van der Waals surface area contributed by atoms with Crippen LogP contribution in [0, 0.1) is 0 Å². The van der Waals surface area contributed by atoms with Crippen molar-refractivity contribution in [2.24, 2.45) is 0 Å². The molecule has 0 spiro atoms. The molecule has 0 radical (unpaired) electrons. The third-order valence-electron chi connectivity index (χ3n) is 2.75. The van der Waals surface area contributed by atoms with Crippen molar-refractivity contribution in [3.8, 4) is 0 Å². The summed E-state index contributed by atoms with van der Waals surface area (Å²) in [6.45, 7) is 10.7. The number of ether oxygens (including phenoxy) is 1. The van der Waals surface area contributed by atoms with Gasteiger partial charge in [0.15, 0.2) is 0 Å². The van der Waals surface area contributed by atoms with Gasteiger partial charge >= 0.3 is 0 Å². The van der Waals surface area contributed by atoms with Gasteiger partial charge in [-0.15, -0.1) is 0 Å². The minimum atomic E-state index is -0.0219. The van der Waals surface area contributed by atoms with E-state index in [0.29, 0.717) is 18.2 Å². The lowest BCUT2D eigenvalue weighted by molar-refractivity contribution is -0.127. The van der Waals surface area contributed by atoms with Crippen molar-refractivity contribution in [2.45, 2.75) is 58.4 Å². The van der Waals surface area contributed by atoms with Gasteiger partial charge in [0.05, 0.1) is 11.7 Å². The third-order valence-corrected chi connectivity index (χ3v) is 2.75. The Labute approximate surface area is 69.3 Å². The van der Waals surface area contributed by atoms with E-state index in [9.17, 15) is 0 Å². The summed E-state index contributed by atoms with van der Waals surface area (Å²) < 4.78 is 5.84.